The van der Waals surface area contributed by atoms with Crippen molar-refractivity contribution < 1.29 is 24.2 Å². The zero-order valence-corrected chi connectivity index (χ0v) is 14.6. The van der Waals surface area contributed by atoms with Crippen molar-refractivity contribution in [2.24, 2.45) is 5.92 Å². The van der Waals surface area contributed by atoms with Gasteiger partial charge < -0.3 is 20.1 Å². The molecule has 7 nitrogen and oxygen atoms in total. The number of esters is 1. The van der Waals surface area contributed by atoms with Gasteiger partial charge >= 0.3 is 5.97 Å². The molecule has 0 unspecified atom stereocenters. The van der Waals surface area contributed by atoms with Crippen LogP contribution in [0.4, 0.5) is 0 Å². The molecule has 2 atom stereocenters. The van der Waals surface area contributed by atoms with Crippen molar-refractivity contribution in [1.29, 1.82) is 0 Å². The van der Waals surface area contributed by atoms with Crippen LogP contribution in [0.1, 0.15) is 44.9 Å². The van der Waals surface area contributed by atoms with Crippen molar-refractivity contribution in [3.05, 3.63) is 12.2 Å². The van der Waals surface area contributed by atoms with Gasteiger partial charge in [0.1, 0.15) is 6.61 Å². The number of rotatable bonds is 4. The minimum absolute atomic E-state index is 0.0541. The quantitative estimate of drug-likeness (QED) is 0.575. The zero-order chi connectivity index (χ0) is 18.1. The summed E-state index contributed by atoms with van der Waals surface area (Å²) in [6.07, 6.45) is 8.05. The first-order valence-electron chi connectivity index (χ1n) is 9.10. The van der Waals surface area contributed by atoms with Crippen molar-refractivity contribution in [3.63, 3.8) is 0 Å². The molecule has 2 amide bonds. The number of cyclic esters (lactones) is 1. The van der Waals surface area contributed by atoms with Crippen molar-refractivity contribution in [1.82, 2.24) is 10.2 Å². The van der Waals surface area contributed by atoms with Crippen LogP contribution in [0.15, 0.2) is 12.2 Å². The predicted molar refractivity (Wildman–Crippen MR) is 91.5 cm³/mol. The molecular formula is C18H28N2O5. The molecule has 2 N–H and O–H groups in total. The Morgan fingerprint density at radius 2 is 2.16 bits per heavy atom. The topological polar surface area (TPSA) is 95.9 Å². The molecule has 1 fully saturated rings. The lowest BCUT2D eigenvalue weighted by Crippen LogP contribution is -2.43. The summed E-state index contributed by atoms with van der Waals surface area (Å²) in [4.78, 5) is 38.4. The highest BCUT2D eigenvalue weighted by atomic mass is 16.5. The number of amides is 2. The van der Waals surface area contributed by atoms with Crippen LogP contribution >= 0.6 is 0 Å². The Morgan fingerprint density at radius 1 is 1.32 bits per heavy atom. The maximum absolute atomic E-state index is 12.9. The fourth-order valence-corrected chi connectivity index (χ4v) is 3.30. The first-order valence-corrected chi connectivity index (χ1v) is 9.10. The third-order valence-corrected chi connectivity index (χ3v) is 4.65. The van der Waals surface area contributed by atoms with Crippen LogP contribution in [0, 0.1) is 5.92 Å². The van der Waals surface area contributed by atoms with Gasteiger partial charge in [-0.15, -0.1) is 0 Å². The number of ether oxygens (including phenoxy) is 1. The van der Waals surface area contributed by atoms with Gasteiger partial charge in [0.15, 0.2) is 0 Å². The van der Waals surface area contributed by atoms with E-state index in [2.05, 4.69) is 5.32 Å². The minimum atomic E-state index is -0.424. The molecule has 0 radical (unpaired) electrons. The molecule has 2 aliphatic heterocycles. The smallest absolute Gasteiger partial charge is 0.305 e. The fourth-order valence-electron chi connectivity index (χ4n) is 3.30. The average Bonchev–Trinajstić information content (AvgIpc) is 3.07. The number of nitrogens with one attached hydrogen (secondary N) is 1. The van der Waals surface area contributed by atoms with Gasteiger partial charge in [-0.3, -0.25) is 14.4 Å². The van der Waals surface area contributed by atoms with Gasteiger partial charge in [0.25, 0.3) is 0 Å². The Labute approximate surface area is 148 Å². The highest BCUT2D eigenvalue weighted by Crippen LogP contribution is 2.24. The molecule has 0 aromatic carbocycles. The van der Waals surface area contributed by atoms with E-state index in [4.69, 9.17) is 9.84 Å². The van der Waals surface area contributed by atoms with E-state index in [1.807, 2.05) is 12.2 Å². The second-order valence-electron chi connectivity index (χ2n) is 6.58. The van der Waals surface area contributed by atoms with Gasteiger partial charge in [-0.25, -0.2) is 0 Å². The molecule has 0 aliphatic carbocycles. The molecule has 2 aliphatic rings. The summed E-state index contributed by atoms with van der Waals surface area (Å²) in [6.45, 7) is 0.947. The highest BCUT2D eigenvalue weighted by Gasteiger charge is 2.34. The number of carbonyl (C=O) groups excluding carboxylic acids is 3. The number of allylic oxidation sites excluding steroid dienone is 2. The molecule has 0 spiro atoms. The number of carbonyl (C=O) groups is 3. The summed E-state index contributed by atoms with van der Waals surface area (Å²) in [7, 11) is 0. The number of fused-ring (bicyclic) bond motifs is 1. The zero-order valence-electron chi connectivity index (χ0n) is 14.6. The normalized spacial score (nSPS) is 26.7. The Bertz CT molecular complexity index is 506. The number of aliphatic hydroxyl groups excluding tert-OH is 1. The third kappa shape index (κ3) is 6.16. The first-order chi connectivity index (χ1) is 12.1. The van der Waals surface area contributed by atoms with Crippen molar-refractivity contribution in [2.75, 3.05) is 26.3 Å². The van der Waals surface area contributed by atoms with E-state index in [0.29, 0.717) is 19.4 Å². The van der Waals surface area contributed by atoms with E-state index >= 15 is 0 Å². The van der Waals surface area contributed by atoms with Crippen LogP contribution in [0.3, 0.4) is 0 Å². The lowest BCUT2D eigenvalue weighted by molar-refractivity contribution is -0.148. The first kappa shape index (κ1) is 19.4. The second kappa shape index (κ2) is 10.2. The van der Waals surface area contributed by atoms with Crippen molar-refractivity contribution >= 4 is 17.8 Å². The van der Waals surface area contributed by atoms with Gasteiger partial charge in [0.05, 0.1) is 18.6 Å². The molecule has 2 rings (SSSR count). The number of aliphatic hydroxyl groups is 1. The molecule has 0 aromatic rings. The second-order valence-corrected chi connectivity index (χ2v) is 6.58. The van der Waals surface area contributed by atoms with Gasteiger partial charge in [0, 0.05) is 25.9 Å². The van der Waals surface area contributed by atoms with Crippen LogP contribution in [-0.2, 0) is 19.1 Å². The maximum Gasteiger partial charge on any atom is 0.305 e. The summed E-state index contributed by atoms with van der Waals surface area (Å²) < 4.78 is 5.32. The third-order valence-electron chi connectivity index (χ3n) is 4.65. The summed E-state index contributed by atoms with van der Waals surface area (Å²) in [6, 6.07) is -0.0933. The van der Waals surface area contributed by atoms with E-state index < -0.39 is 5.92 Å². The molecule has 2 heterocycles. The van der Waals surface area contributed by atoms with E-state index in [9.17, 15) is 14.4 Å². The molecule has 25 heavy (non-hydrogen) atoms. The molecule has 7 heteroatoms. The summed E-state index contributed by atoms with van der Waals surface area (Å²) in [5.41, 5.74) is 0. The van der Waals surface area contributed by atoms with Gasteiger partial charge in [-0.2, -0.15) is 0 Å². The summed E-state index contributed by atoms with van der Waals surface area (Å²) in [5.74, 6) is -0.923. The van der Waals surface area contributed by atoms with Crippen molar-refractivity contribution in [2.45, 2.75) is 51.0 Å². The molecule has 140 valence electrons. The number of hydrogen-bond acceptors (Lipinski definition) is 5. The monoisotopic (exact) mass is 352 g/mol. The van der Waals surface area contributed by atoms with Crippen LogP contribution < -0.4 is 5.32 Å². The summed E-state index contributed by atoms with van der Waals surface area (Å²) in [5, 5.41) is 11.4. The molecule has 0 saturated carbocycles. The van der Waals surface area contributed by atoms with Crippen molar-refractivity contribution in [3.8, 4) is 0 Å². The Balaban J connectivity index is 2.07. The highest BCUT2D eigenvalue weighted by molar-refractivity contribution is 5.86. The molecule has 1 saturated heterocycles. The number of nitrogens with zero attached hydrogens (tertiary/aromatic N) is 1. The van der Waals surface area contributed by atoms with Crippen LogP contribution in [0.5, 0.6) is 0 Å². The van der Waals surface area contributed by atoms with Gasteiger partial charge in [-0.1, -0.05) is 12.2 Å². The standard InChI is InChI=1S/C18H28N2O5/c21-11-9-19-16(22)12-14-6-3-1-2-4-8-17(23)25-13-15-7-5-10-20(15)18(14)24/h1,3,14-15,21H,2,4-13H2,(H,19,22)/b3-1-/t14-,15-/m0/s1. The molecular weight excluding hydrogens is 324 g/mol. The predicted octanol–water partition coefficient (Wildman–Crippen LogP) is 0.766. The van der Waals surface area contributed by atoms with Gasteiger partial charge in [-0.05, 0) is 32.1 Å². The van der Waals surface area contributed by atoms with Gasteiger partial charge in [0.2, 0.25) is 11.8 Å². The summed E-state index contributed by atoms with van der Waals surface area (Å²) >= 11 is 0. The van der Waals surface area contributed by atoms with E-state index in [-0.39, 0.29) is 50.0 Å². The lowest BCUT2D eigenvalue weighted by atomic mass is 9.98. The SMILES string of the molecule is O=C(C[C@@H]1C/C=C\CCCC(=O)OC[C@@H]2CCCN2C1=O)NCCO. The average molecular weight is 352 g/mol. The van der Waals surface area contributed by atoms with Crippen LogP contribution in [0.25, 0.3) is 0 Å². The minimum Gasteiger partial charge on any atom is -0.463 e. The fraction of sp³-hybridized carbons (Fsp3) is 0.722. The van der Waals surface area contributed by atoms with Crippen LogP contribution in [0.2, 0.25) is 0 Å². The Hall–Kier alpha value is -1.89. The molecule has 0 bridgehead atoms. The van der Waals surface area contributed by atoms with Crippen LogP contribution in [-0.4, -0.2) is 60.1 Å². The van der Waals surface area contributed by atoms with E-state index in [1.54, 1.807) is 4.90 Å². The number of hydrogen-bond donors (Lipinski definition) is 2. The Morgan fingerprint density at radius 3 is 2.96 bits per heavy atom. The lowest BCUT2D eigenvalue weighted by Gasteiger charge is -2.28. The van der Waals surface area contributed by atoms with E-state index in [1.165, 1.54) is 0 Å². The largest absolute Gasteiger partial charge is 0.463 e. The maximum atomic E-state index is 12.9. The Kier molecular flexibility index (Phi) is 7.91. The van der Waals surface area contributed by atoms with E-state index in [0.717, 1.165) is 25.7 Å². The molecule has 0 aromatic heterocycles.